The summed E-state index contributed by atoms with van der Waals surface area (Å²) in [5.74, 6) is 0.513. The molecule has 0 aliphatic carbocycles. The first kappa shape index (κ1) is 19.7. The Morgan fingerprint density at radius 3 is 2.84 bits per heavy atom. The fourth-order valence-electron chi connectivity index (χ4n) is 2.59. The molecule has 1 atom stereocenters. The van der Waals surface area contributed by atoms with E-state index in [-0.39, 0.29) is 24.2 Å². The van der Waals surface area contributed by atoms with Crippen molar-refractivity contribution in [2.75, 3.05) is 38.7 Å². The van der Waals surface area contributed by atoms with Gasteiger partial charge in [0.05, 0.1) is 25.6 Å². The van der Waals surface area contributed by atoms with E-state index in [1.807, 2.05) is 37.3 Å². The Balaban J connectivity index is 1.61. The first-order valence-electron chi connectivity index (χ1n) is 8.51. The molecule has 0 bridgehead atoms. The van der Waals surface area contributed by atoms with E-state index in [0.29, 0.717) is 39.2 Å². The summed E-state index contributed by atoms with van der Waals surface area (Å²) >= 11 is 0. The lowest BCUT2D eigenvalue weighted by Crippen LogP contribution is -2.49. The number of amides is 1. The molecule has 0 saturated carbocycles. The number of rotatable bonds is 9. The number of nitrogens with zero attached hydrogens (tertiary/aromatic N) is 1. The quantitative estimate of drug-likeness (QED) is 0.656. The molecule has 1 saturated heterocycles. The fourth-order valence-corrected chi connectivity index (χ4v) is 4.15. The summed E-state index contributed by atoms with van der Waals surface area (Å²) in [6.07, 6.45) is 0.884. The average Bonchev–Trinajstić information content (AvgIpc) is 2.60. The smallest absolute Gasteiger partial charge is 0.220 e. The molecule has 0 aromatic heterocycles. The standard InChI is InChI=1S/C17H26N2O5S/c1-15-14-23-12-10-19(15)25(21,22)13-9-18-17(20)8-5-11-24-16-6-3-2-4-7-16/h2-4,6-7,15H,5,8-14H2,1H3,(H,18,20). The van der Waals surface area contributed by atoms with E-state index in [2.05, 4.69) is 5.32 Å². The van der Waals surface area contributed by atoms with Gasteiger partial charge in [-0.1, -0.05) is 18.2 Å². The normalized spacial score (nSPS) is 18.7. The molecule has 1 aromatic rings. The van der Waals surface area contributed by atoms with E-state index in [9.17, 15) is 13.2 Å². The predicted molar refractivity (Wildman–Crippen MR) is 95.0 cm³/mol. The summed E-state index contributed by atoms with van der Waals surface area (Å²) in [5, 5.41) is 2.66. The lowest BCUT2D eigenvalue weighted by molar-refractivity contribution is -0.121. The average molecular weight is 370 g/mol. The van der Waals surface area contributed by atoms with Crippen molar-refractivity contribution in [2.45, 2.75) is 25.8 Å². The van der Waals surface area contributed by atoms with Crippen LogP contribution in [0.4, 0.5) is 0 Å². The van der Waals surface area contributed by atoms with E-state index in [4.69, 9.17) is 9.47 Å². The number of morpholine rings is 1. The van der Waals surface area contributed by atoms with Crippen molar-refractivity contribution in [3.8, 4) is 5.75 Å². The molecule has 1 aliphatic rings. The van der Waals surface area contributed by atoms with Crippen LogP contribution in [0.2, 0.25) is 0 Å². The minimum absolute atomic E-state index is 0.0937. The van der Waals surface area contributed by atoms with Gasteiger partial charge in [-0.25, -0.2) is 8.42 Å². The number of para-hydroxylation sites is 1. The van der Waals surface area contributed by atoms with Crippen LogP contribution in [0.25, 0.3) is 0 Å². The third-order valence-corrected chi connectivity index (χ3v) is 5.88. The van der Waals surface area contributed by atoms with Gasteiger partial charge in [-0.3, -0.25) is 4.79 Å². The first-order chi connectivity index (χ1) is 12.0. The van der Waals surface area contributed by atoms with Crippen molar-refractivity contribution in [2.24, 2.45) is 0 Å². The Bertz CT molecular complexity index is 636. The van der Waals surface area contributed by atoms with Gasteiger partial charge >= 0.3 is 0 Å². The van der Waals surface area contributed by atoms with Gasteiger partial charge in [-0.15, -0.1) is 0 Å². The van der Waals surface area contributed by atoms with Crippen LogP contribution in [0.3, 0.4) is 0 Å². The van der Waals surface area contributed by atoms with E-state index < -0.39 is 10.0 Å². The van der Waals surface area contributed by atoms with Gasteiger partial charge in [0.1, 0.15) is 5.75 Å². The topological polar surface area (TPSA) is 84.9 Å². The SMILES string of the molecule is CC1COCCN1S(=O)(=O)CCNC(=O)CCCOc1ccccc1. The Morgan fingerprint density at radius 2 is 2.12 bits per heavy atom. The number of ether oxygens (including phenoxy) is 2. The maximum absolute atomic E-state index is 12.3. The molecule has 7 nitrogen and oxygen atoms in total. The van der Waals surface area contributed by atoms with Crippen LogP contribution in [-0.2, 0) is 19.6 Å². The number of carbonyl (C=O) groups excluding carboxylic acids is 1. The molecule has 1 N–H and O–H groups in total. The van der Waals surface area contributed by atoms with Crippen molar-refractivity contribution in [3.63, 3.8) is 0 Å². The molecule has 1 amide bonds. The third-order valence-electron chi connectivity index (χ3n) is 3.91. The van der Waals surface area contributed by atoms with Gasteiger partial charge in [-0.05, 0) is 25.5 Å². The minimum Gasteiger partial charge on any atom is -0.494 e. The van der Waals surface area contributed by atoms with Crippen molar-refractivity contribution >= 4 is 15.9 Å². The fraction of sp³-hybridized carbons (Fsp3) is 0.588. The highest BCUT2D eigenvalue weighted by Crippen LogP contribution is 2.12. The zero-order valence-corrected chi connectivity index (χ0v) is 15.3. The number of sulfonamides is 1. The highest BCUT2D eigenvalue weighted by atomic mass is 32.2. The predicted octanol–water partition coefficient (Wildman–Crippen LogP) is 1.01. The van der Waals surface area contributed by atoms with Crippen LogP contribution in [0, 0.1) is 0 Å². The molecule has 0 radical (unpaired) electrons. The maximum Gasteiger partial charge on any atom is 0.220 e. The molecular formula is C17H26N2O5S. The molecule has 0 spiro atoms. The van der Waals surface area contributed by atoms with Crippen LogP contribution in [0.15, 0.2) is 30.3 Å². The lowest BCUT2D eigenvalue weighted by atomic mass is 10.3. The second-order valence-electron chi connectivity index (χ2n) is 5.97. The van der Waals surface area contributed by atoms with Crippen LogP contribution >= 0.6 is 0 Å². The van der Waals surface area contributed by atoms with E-state index in [1.165, 1.54) is 4.31 Å². The minimum atomic E-state index is -3.38. The largest absolute Gasteiger partial charge is 0.494 e. The zero-order valence-electron chi connectivity index (χ0n) is 14.5. The number of hydrogen-bond donors (Lipinski definition) is 1. The number of hydrogen-bond acceptors (Lipinski definition) is 5. The van der Waals surface area contributed by atoms with E-state index in [1.54, 1.807) is 0 Å². The second kappa shape index (κ2) is 9.74. The van der Waals surface area contributed by atoms with Gasteiger partial charge in [0.2, 0.25) is 15.9 Å². The Labute approximate surface area is 149 Å². The molecule has 1 aliphatic heterocycles. The van der Waals surface area contributed by atoms with Crippen LogP contribution in [0.1, 0.15) is 19.8 Å². The third kappa shape index (κ3) is 6.64. The molecule has 1 heterocycles. The molecule has 1 fully saturated rings. The second-order valence-corrected chi connectivity index (χ2v) is 8.01. The molecule has 8 heteroatoms. The molecular weight excluding hydrogens is 344 g/mol. The summed E-state index contributed by atoms with van der Waals surface area (Å²) < 4.78 is 36.8. The Kier molecular flexibility index (Phi) is 7.67. The van der Waals surface area contributed by atoms with Gasteiger partial charge in [0, 0.05) is 25.6 Å². The monoisotopic (exact) mass is 370 g/mol. The number of benzene rings is 1. The van der Waals surface area contributed by atoms with E-state index in [0.717, 1.165) is 5.75 Å². The maximum atomic E-state index is 12.3. The van der Waals surface area contributed by atoms with Gasteiger partial charge in [-0.2, -0.15) is 4.31 Å². The first-order valence-corrected chi connectivity index (χ1v) is 10.1. The molecule has 2 rings (SSSR count). The van der Waals surface area contributed by atoms with Gasteiger partial charge < -0.3 is 14.8 Å². The number of carbonyl (C=O) groups is 1. The van der Waals surface area contributed by atoms with Crippen LogP contribution in [0.5, 0.6) is 5.75 Å². The van der Waals surface area contributed by atoms with Gasteiger partial charge in [0.25, 0.3) is 0 Å². The van der Waals surface area contributed by atoms with Crippen molar-refractivity contribution < 1.29 is 22.7 Å². The van der Waals surface area contributed by atoms with Crippen LogP contribution in [-0.4, -0.2) is 63.3 Å². The van der Waals surface area contributed by atoms with E-state index >= 15 is 0 Å². The molecule has 25 heavy (non-hydrogen) atoms. The highest BCUT2D eigenvalue weighted by Gasteiger charge is 2.29. The lowest BCUT2D eigenvalue weighted by Gasteiger charge is -2.32. The van der Waals surface area contributed by atoms with Crippen molar-refractivity contribution in [3.05, 3.63) is 30.3 Å². The van der Waals surface area contributed by atoms with Crippen molar-refractivity contribution in [1.82, 2.24) is 9.62 Å². The van der Waals surface area contributed by atoms with Crippen molar-refractivity contribution in [1.29, 1.82) is 0 Å². The summed E-state index contributed by atoms with van der Waals surface area (Å²) in [6.45, 7) is 3.58. The summed E-state index contributed by atoms with van der Waals surface area (Å²) in [4.78, 5) is 11.8. The molecule has 1 aromatic carbocycles. The molecule has 1 unspecified atom stereocenters. The Morgan fingerprint density at radius 1 is 1.36 bits per heavy atom. The molecule has 140 valence electrons. The Hall–Kier alpha value is -1.64. The highest BCUT2D eigenvalue weighted by molar-refractivity contribution is 7.89. The summed E-state index contributed by atoms with van der Waals surface area (Å²) in [6, 6.07) is 9.24. The number of nitrogens with one attached hydrogen (secondary N) is 1. The zero-order chi connectivity index (χ0) is 18.1. The summed E-state index contributed by atoms with van der Waals surface area (Å²) in [5.41, 5.74) is 0. The van der Waals surface area contributed by atoms with Gasteiger partial charge in [0.15, 0.2) is 0 Å². The summed E-state index contributed by atoms with van der Waals surface area (Å²) in [7, 11) is -3.38. The van der Waals surface area contributed by atoms with Crippen LogP contribution < -0.4 is 10.1 Å².